The highest BCUT2D eigenvalue weighted by Gasteiger charge is 2.30. The van der Waals surface area contributed by atoms with Crippen molar-refractivity contribution in [2.24, 2.45) is 0 Å². The smallest absolute Gasteiger partial charge is 0.407 e. The van der Waals surface area contributed by atoms with Crippen molar-refractivity contribution in [2.45, 2.75) is 18.4 Å². The van der Waals surface area contributed by atoms with E-state index in [1.807, 2.05) is 53.4 Å². The number of hydrogen-bond acceptors (Lipinski definition) is 7. The third-order valence-electron chi connectivity index (χ3n) is 6.96. The Bertz CT molecular complexity index is 1320. The van der Waals surface area contributed by atoms with Gasteiger partial charge in [0.15, 0.2) is 0 Å². The number of carbonyl (C=O) groups is 2. The number of fused-ring (bicyclic) bond motifs is 3. The zero-order valence-corrected chi connectivity index (χ0v) is 20.5. The summed E-state index contributed by atoms with van der Waals surface area (Å²) < 4.78 is 10.8. The number of carboxylic acid groups (broad SMARTS) is 1. The monoisotopic (exact) mass is 517 g/mol. The first-order valence-corrected chi connectivity index (χ1v) is 12.4. The Morgan fingerprint density at radius 3 is 2.29 bits per heavy atom. The summed E-state index contributed by atoms with van der Waals surface area (Å²) in [6.07, 6.45) is -0.997. The van der Waals surface area contributed by atoms with Gasteiger partial charge in [-0.2, -0.15) is 0 Å². The van der Waals surface area contributed by atoms with Crippen molar-refractivity contribution in [1.29, 1.82) is 0 Å². The van der Waals surface area contributed by atoms with Crippen molar-refractivity contribution in [3.8, 4) is 11.1 Å². The molecule has 0 saturated carbocycles. The van der Waals surface area contributed by atoms with Crippen LogP contribution in [-0.2, 0) is 20.7 Å². The lowest BCUT2D eigenvalue weighted by molar-refractivity contribution is -0.384. The number of amides is 1. The summed E-state index contributed by atoms with van der Waals surface area (Å²) >= 11 is 0. The van der Waals surface area contributed by atoms with Crippen molar-refractivity contribution >= 4 is 23.4 Å². The molecule has 1 fully saturated rings. The van der Waals surface area contributed by atoms with Gasteiger partial charge in [-0.25, -0.2) is 9.59 Å². The number of anilines is 1. The highest BCUT2D eigenvalue weighted by molar-refractivity contribution is 5.81. The van der Waals surface area contributed by atoms with Gasteiger partial charge in [0.2, 0.25) is 0 Å². The highest BCUT2D eigenvalue weighted by Crippen LogP contribution is 2.44. The van der Waals surface area contributed by atoms with Crippen LogP contribution in [0.1, 0.15) is 22.6 Å². The molecule has 0 bridgehead atoms. The van der Waals surface area contributed by atoms with Gasteiger partial charge in [-0.15, -0.1) is 0 Å². The number of nitro groups is 1. The number of hydrogen-bond donors (Lipinski definition) is 2. The maximum absolute atomic E-state index is 12.6. The molecule has 1 atom stereocenters. The molecule has 10 heteroatoms. The molecule has 3 aromatic carbocycles. The second-order valence-electron chi connectivity index (χ2n) is 9.24. The van der Waals surface area contributed by atoms with E-state index in [0.29, 0.717) is 37.6 Å². The summed E-state index contributed by atoms with van der Waals surface area (Å²) in [5.41, 5.74) is 5.02. The van der Waals surface area contributed by atoms with Crippen molar-refractivity contribution in [2.75, 3.05) is 37.8 Å². The SMILES string of the molecule is O=C(NC(Cc1ccc(N2CCOCC2)c([N+](=O)[O-])c1)C(=O)O)OCC1c2ccccc2-c2ccccc21. The van der Waals surface area contributed by atoms with Crippen LogP contribution in [-0.4, -0.2) is 61.0 Å². The molecule has 3 aromatic rings. The van der Waals surface area contributed by atoms with Crippen molar-refractivity contribution < 1.29 is 29.1 Å². The van der Waals surface area contributed by atoms with Crippen molar-refractivity contribution in [3.63, 3.8) is 0 Å². The van der Waals surface area contributed by atoms with Crippen LogP contribution in [0.3, 0.4) is 0 Å². The summed E-state index contributed by atoms with van der Waals surface area (Å²) in [5, 5.41) is 23.9. The summed E-state index contributed by atoms with van der Waals surface area (Å²) in [7, 11) is 0. The molecule has 2 N–H and O–H groups in total. The molecule has 0 spiro atoms. The Labute approximate surface area is 218 Å². The van der Waals surface area contributed by atoms with Crippen LogP contribution in [0.15, 0.2) is 66.7 Å². The van der Waals surface area contributed by atoms with Gasteiger partial charge in [0.25, 0.3) is 5.69 Å². The van der Waals surface area contributed by atoms with Gasteiger partial charge in [-0.3, -0.25) is 10.1 Å². The van der Waals surface area contributed by atoms with Crippen LogP contribution in [0.2, 0.25) is 0 Å². The van der Waals surface area contributed by atoms with Crippen LogP contribution in [0.25, 0.3) is 11.1 Å². The number of nitro benzene ring substituents is 1. The van der Waals surface area contributed by atoms with Crippen LogP contribution in [0, 0.1) is 10.1 Å². The molecular formula is C28H27N3O7. The Hall–Kier alpha value is -4.44. The Morgan fingerprint density at radius 2 is 1.68 bits per heavy atom. The molecule has 1 saturated heterocycles. The number of nitrogens with zero attached hydrogens (tertiary/aromatic N) is 2. The fourth-order valence-electron chi connectivity index (χ4n) is 5.13. The molecule has 1 heterocycles. The van der Waals surface area contributed by atoms with Crippen molar-refractivity contribution in [3.05, 3.63) is 93.5 Å². The summed E-state index contributed by atoms with van der Waals surface area (Å²) in [4.78, 5) is 37.7. The topological polar surface area (TPSA) is 131 Å². The maximum atomic E-state index is 12.6. The van der Waals surface area contributed by atoms with Crippen LogP contribution in [0.4, 0.5) is 16.2 Å². The van der Waals surface area contributed by atoms with Gasteiger partial charge < -0.3 is 24.8 Å². The number of morpholine rings is 1. The van der Waals surface area contributed by atoms with E-state index in [-0.39, 0.29) is 24.6 Å². The third-order valence-corrected chi connectivity index (χ3v) is 6.96. The molecule has 1 unspecified atom stereocenters. The number of nitrogens with one attached hydrogen (secondary N) is 1. The van der Waals surface area contributed by atoms with E-state index in [9.17, 15) is 24.8 Å². The Kier molecular flexibility index (Phi) is 7.23. The minimum absolute atomic E-state index is 0.0475. The minimum Gasteiger partial charge on any atom is -0.480 e. The Morgan fingerprint density at radius 1 is 1.05 bits per heavy atom. The maximum Gasteiger partial charge on any atom is 0.407 e. The molecule has 5 rings (SSSR count). The van der Waals surface area contributed by atoms with Crippen molar-refractivity contribution in [1.82, 2.24) is 5.32 Å². The van der Waals surface area contributed by atoms with Crippen LogP contribution in [0.5, 0.6) is 0 Å². The first-order chi connectivity index (χ1) is 18.4. The fourth-order valence-corrected chi connectivity index (χ4v) is 5.13. The van der Waals surface area contributed by atoms with Crippen LogP contribution >= 0.6 is 0 Å². The lowest BCUT2D eigenvalue weighted by Crippen LogP contribution is -2.43. The zero-order chi connectivity index (χ0) is 26.6. The van der Waals surface area contributed by atoms with Gasteiger partial charge in [0.05, 0.1) is 18.1 Å². The average Bonchev–Trinajstić information content (AvgIpc) is 3.25. The van der Waals surface area contributed by atoms with Gasteiger partial charge in [0.1, 0.15) is 18.3 Å². The van der Waals surface area contributed by atoms with E-state index in [1.54, 1.807) is 12.1 Å². The normalized spacial score (nSPS) is 15.3. The van der Waals surface area contributed by atoms with E-state index >= 15 is 0 Å². The van der Waals surface area contributed by atoms with Gasteiger partial charge >= 0.3 is 12.1 Å². The highest BCUT2D eigenvalue weighted by atomic mass is 16.6. The molecule has 196 valence electrons. The largest absolute Gasteiger partial charge is 0.480 e. The standard InChI is InChI=1S/C28H27N3O7/c32-27(33)24(15-18-9-10-25(26(16-18)31(35)36)30-11-13-37-14-12-30)29-28(34)38-17-23-21-7-3-1-5-19(21)20-6-2-4-8-22(20)23/h1-10,16,23-24H,11-15,17H2,(H,29,34)(H,32,33). The summed E-state index contributed by atoms with van der Waals surface area (Å²) in [6, 6.07) is 19.1. The summed E-state index contributed by atoms with van der Waals surface area (Å²) in [6.45, 7) is 2.06. The molecule has 1 aliphatic heterocycles. The number of aliphatic carboxylic acids is 1. The van der Waals surface area contributed by atoms with E-state index in [1.165, 1.54) is 6.07 Å². The molecule has 0 aromatic heterocycles. The van der Waals surface area contributed by atoms with E-state index < -0.39 is 23.0 Å². The number of alkyl carbamates (subject to hydrolysis) is 1. The number of benzene rings is 3. The molecule has 2 aliphatic rings. The molecule has 1 amide bonds. The van der Waals surface area contributed by atoms with Gasteiger partial charge in [-0.05, 0) is 33.9 Å². The van der Waals surface area contributed by atoms with E-state index in [0.717, 1.165) is 22.3 Å². The lowest BCUT2D eigenvalue weighted by Gasteiger charge is -2.28. The molecule has 10 nitrogen and oxygen atoms in total. The first-order valence-electron chi connectivity index (χ1n) is 12.4. The fraction of sp³-hybridized carbons (Fsp3) is 0.286. The molecule has 1 aliphatic carbocycles. The zero-order valence-electron chi connectivity index (χ0n) is 20.5. The number of ether oxygens (including phenoxy) is 2. The quantitative estimate of drug-likeness (QED) is 0.339. The second-order valence-corrected chi connectivity index (χ2v) is 9.24. The van der Waals surface area contributed by atoms with E-state index in [4.69, 9.17) is 9.47 Å². The summed E-state index contributed by atoms with van der Waals surface area (Å²) in [5.74, 6) is -1.43. The van der Waals surface area contributed by atoms with Gasteiger partial charge in [-0.1, -0.05) is 54.6 Å². The minimum atomic E-state index is -1.32. The average molecular weight is 518 g/mol. The predicted molar refractivity (Wildman–Crippen MR) is 139 cm³/mol. The number of carboxylic acids is 1. The third kappa shape index (κ3) is 5.16. The molecule has 38 heavy (non-hydrogen) atoms. The molecule has 0 radical (unpaired) electrons. The predicted octanol–water partition coefficient (Wildman–Crippen LogP) is 3.97. The molecular weight excluding hydrogens is 490 g/mol. The second kappa shape index (κ2) is 10.9. The van der Waals surface area contributed by atoms with E-state index in [2.05, 4.69) is 5.32 Å². The van der Waals surface area contributed by atoms with Gasteiger partial charge in [0, 0.05) is 31.5 Å². The number of rotatable bonds is 8. The lowest BCUT2D eigenvalue weighted by atomic mass is 9.98. The van der Waals surface area contributed by atoms with Crippen LogP contribution < -0.4 is 10.2 Å². The number of carbonyl (C=O) groups excluding carboxylic acids is 1. The first kappa shape index (κ1) is 25.2. The Balaban J connectivity index is 1.26.